The van der Waals surface area contributed by atoms with Crippen molar-refractivity contribution in [2.75, 3.05) is 38.3 Å². The van der Waals surface area contributed by atoms with E-state index in [2.05, 4.69) is 15.3 Å². The molecule has 0 saturated heterocycles. The van der Waals surface area contributed by atoms with Gasteiger partial charge in [-0.1, -0.05) is 25.1 Å². The van der Waals surface area contributed by atoms with Gasteiger partial charge < -0.3 is 24.8 Å². The Bertz CT molecular complexity index is 1590. The summed E-state index contributed by atoms with van der Waals surface area (Å²) in [7, 11) is 1.41. The molecule has 0 aliphatic carbocycles. The number of amides is 1. The number of aliphatic hydroxyl groups excluding tert-OH is 1. The van der Waals surface area contributed by atoms with Gasteiger partial charge in [-0.25, -0.2) is 18.2 Å². The van der Waals surface area contributed by atoms with E-state index in [0.29, 0.717) is 48.9 Å². The quantitative estimate of drug-likeness (QED) is 0.270. The number of hydrogen-bond acceptors (Lipinski definition) is 7. The molecule has 2 aromatic heterocycles. The van der Waals surface area contributed by atoms with Gasteiger partial charge in [0.15, 0.2) is 11.6 Å². The van der Waals surface area contributed by atoms with Crippen molar-refractivity contribution in [2.24, 2.45) is 0 Å². The monoisotopic (exact) mass is 566 g/mol. The summed E-state index contributed by atoms with van der Waals surface area (Å²) in [5.41, 5.74) is 0.940. The molecule has 0 spiro atoms. The summed E-state index contributed by atoms with van der Waals surface area (Å²) in [6.45, 7) is 2.76. The molecule has 0 bridgehead atoms. The minimum absolute atomic E-state index is 0.0789. The Hall–Kier alpha value is -4.38. The number of nitrogens with zero attached hydrogens (tertiary/aromatic N) is 3. The molecule has 41 heavy (non-hydrogen) atoms. The third kappa shape index (κ3) is 5.37. The number of nitrogens with one attached hydrogen (secondary N) is 1. The van der Waals surface area contributed by atoms with Gasteiger partial charge in [-0.2, -0.15) is 0 Å². The number of methoxy groups -OCH3 is 1. The number of carbonyl (C=O) groups excluding carboxylic acids is 1. The molecule has 5 rings (SSSR count). The molecule has 1 amide bonds. The standard InChI is InChI=1S/C30H29F3N4O4/c1-3-9-37(10-11-38)29-20(30(39)36-22-8-12-41-23-7-5-4-6-18(22)23)15-34-28-25(29)24(40-2)16-35-27(28)19-13-17(31)14-21(32)26(19)33/h4-7,13-16,22,38H,3,8-12H2,1-2H3,(H,36,39). The predicted molar refractivity (Wildman–Crippen MR) is 148 cm³/mol. The van der Waals surface area contributed by atoms with Crippen LogP contribution in [0, 0.1) is 17.5 Å². The molecule has 3 heterocycles. The van der Waals surface area contributed by atoms with Crippen LogP contribution in [0.4, 0.5) is 18.9 Å². The number of carbonyl (C=O) groups is 1. The Morgan fingerprint density at radius 3 is 2.73 bits per heavy atom. The predicted octanol–water partition coefficient (Wildman–Crippen LogP) is 5.19. The average molecular weight is 567 g/mol. The molecule has 4 aromatic rings. The van der Waals surface area contributed by atoms with Crippen LogP contribution >= 0.6 is 0 Å². The lowest BCUT2D eigenvalue weighted by molar-refractivity contribution is 0.0925. The summed E-state index contributed by atoms with van der Waals surface area (Å²) in [6.07, 6.45) is 3.85. The molecule has 11 heteroatoms. The van der Waals surface area contributed by atoms with Crippen LogP contribution in [-0.4, -0.2) is 54.4 Å². The van der Waals surface area contributed by atoms with Gasteiger partial charge in [0.1, 0.15) is 22.8 Å². The van der Waals surface area contributed by atoms with E-state index in [1.807, 2.05) is 36.1 Å². The van der Waals surface area contributed by atoms with Crippen molar-refractivity contribution in [1.82, 2.24) is 15.3 Å². The zero-order valence-corrected chi connectivity index (χ0v) is 22.6. The van der Waals surface area contributed by atoms with Crippen molar-refractivity contribution in [1.29, 1.82) is 0 Å². The number of halogens is 3. The van der Waals surface area contributed by atoms with Crippen LogP contribution in [0.3, 0.4) is 0 Å². The minimum Gasteiger partial charge on any atom is -0.494 e. The van der Waals surface area contributed by atoms with Crippen LogP contribution in [0.15, 0.2) is 48.8 Å². The second kappa shape index (κ2) is 12.0. The summed E-state index contributed by atoms with van der Waals surface area (Å²) in [5.74, 6) is -3.16. The van der Waals surface area contributed by atoms with E-state index in [1.54, 1.807) is 0 Å². The largest absolute Gasteiger partial charge is 0.494 e. The van der Waals surface area contributed by atoms with Crippen molar-refractivity contribution in [2.45, 2.75) is 25.8 Å². The van der Waals surface area contributed by atoms with Crippen molar-refractivity contribution < 1.29 is 32.5 Å². The number of benzene rings is 2. The molecular weight excluding hydrogens is 537 g/mol. The maximum atomic E-state index is 14.9. The first-order chi connectivity index (χ1) is 19.9. The van der Waals surface area contributed by atoms with E-state index in [-0.39, 0.29) is 41.7 Å². The molecule has 0 saturated carbocycles. The number of pyridine rings is 2. The van der Waals surface area contributed by atoms with E-state index in [0.717, 1.165) is 11.6 Å². The summed E-state index contributed by atoms with van der Waals surface area (Å²) < 4.78 is 54.6. The van der Waals surface area contributed by atoms with Gasteiger partial charge in [0.25, 0.3) is 5.91 Å². The first-order valence-electron chi connectivity index (χ1n) is 13.3. The molecule has 0 fully saturated rings. The molecule has 1 atom stereocenters. The Morgan fingerprint density at radius 2 is 1.98 bits per heavy atom. The lowest BCUT2D eigenvalue weighted by atomic mass is 9.99. The van der Waals surface area contributed by atoms with E-state index < -0.39 is 28.9 Å². The summed E-state index contributed by atoms with van der Waals surface area (Å²) >= 11 is 0. The molecule has 214 valence electrons. The SMILES string of the molecule is CCCN(CCO)c1c(C(=O)NC2CCOc3ccccc32)cnc2c(-c3cc(F)cc(F)c3F)ncc(OC)c12. The number of aromatic nitrogens is 2. The van der Waals surface area contributed by atoms with Crippen LogP contribution in [-0.2, 0) is 0 Å². The van der Waals surface area contributed by atoms with Crippen LogP contribution in [0.5, 0.6) is 11.5 Å². The summed E-state index contributed by atoms with van der Waals surface area (Å²) in [6, 6.07) is 8.42. The third-order valence-electron chi connectivity index (χ3n) is 6.99. The van der Waals surface area contributed by atoms with Crippen LogP contribution < -0.4 is 19.7 Å². The topological polar surface area (TPSA) is 96.8 Å². The molecule has 1 aliphatic rings. The van der Waals surface area contributed by atoms with Gasteiger partial charge in [0.2, 0.25) is 0 Å². The van der Waals surface area contributed by atoms with Gasteiger partial charge in [-0.15, -0.1) is 0 Å². The molecular formula is C30H29F3N4O4. The third-order valence-corrected chi connectivity index (χ3v) is 6.99. The number of hydrogen-bond donors (Lipinski definition) is 2. The molecule has 0 radical (unpaired) electrons. The van der Waals surface area contributed by atoms with E-state index in [9.17, 15) is 23.1 Å². The van der Waals surface area contributed by atoms with Crippen molar-refractivity contribution in [3.8, 4) is 22.8 Å². The lowest BCUT2D eigenvalue weighted by Crippen LogP contribution is -2.35. The second-order valence-corrected chi connectivity index (χ2v) is 9.58. The fourth-order valence-electron chi connectivity index (χ4n) is 5.19. The van der Waals surface area contributed by atoms with Crippen molar-refractivity contribution >= 4 is 22.5 Å². The Balaban J connectivity index is 1.72. The number of rotatable bonds is 9. The molecule has 1 aliphatic heterocycles. The van der Waals surface area contributed by atoms with E-state index in [1.165, 1.54) is 19.5 Å². The van der Waals surface area contributed by atoms with Gasteiger partial charge in [-0.05, 0) is 18.6 Å². The number of fused-ring (bicyclic) bond motifs is 2. The van der Waals surface area contributed by atoms with Crippen LogP contribution in [0.1, 0.15) is 41.7 Å². The first kappa shape index (κ1) is 28.2. The first-order valence-corrected chi connectivity index (χ1v) is 13.3. The maximum Gasteiger partial charge on any atom is 0.255 e. The fraction of sp³-hybridized carbons (Fsp3) is 0.300. The number of anilines is 1. The summed E-state index contributed by atoms with van der Waals surface area (Å²) in [5, 5.41) is 13.3. The highest BCUT2D eigenvalue weighted by Crippen LogP contribution is 2.41. The van der Waals surface area contributed by atoms with Gasteiger partial charge in [-0.3, -0.25) is 9.78 Å². The zero-order valence-electron chi connectivity index (χ0n) is 22.6. The van der Waals surface area contributed by atoms with Crippen molar-refractivity contribution in [3.63, 3.8) is 0 Å². The second-order valence-electron chi connectivity index (χ2n) is 9.58. The average Bonchev–Trinajstić information content (AvgIpc) is 2.98. The van der Waals surface area contributed by atoms with Gasteiger partial charge in [0.05, 0.1) is 54.9 Å². The Kier molecular flexibility index (Phi) is 8.25. The maximum absolute atomic E-state index is 14.9. The zero-order chi connectivity index (χ0) is 29.1. The minimum atomic E-state index is -1.37. The summed E-state index contributed by atoms with van der Waals surface area (Å²) in [4.78, 5) is 24.4. The highest BCUT2D eigenvalue weighted by Gasteiger charge is 2.29. The molecule has 8 nitrogen and oxygen atoms in total. The molecule has 1 unspecified atom stereocenters. The van der Waals surface area contributed by atoms with E-state index >= 15 is 0 Å². The Labute approximate surface area is 234 Å². The highest BCUT2D eigenvalue weighted by atomic mass is 19.2. The number of para-hydroxylation sites is 1. The van der Waals surface area contributed by atoms with Crippen LogP contribution in [0.25, 0.3) is 22.2 Å². The Morgan fingerprint density at radius 1 is 1.17 bits per heavy atom. The molecule has 2 aromatic carbocycles. The van der Waals surface area contributed by atoms with Gasteiger partial charge >= 0.3 is 0 Å². The smallest absolute Gasteiger partial charge is 0.255 e. The van der Waals surface area contributed by atoms with Crippen LogP contribution in [0.2, 0.25) is 0 Å². The highest BCUT2D eigenvalue weighted by molar-refractivity contribution is 6.11. The number of aliphatic hydroxyl groups is 1. The number of ether oxygens (including phenoxy) is 2. The molecule has 2 N–H and O–H groups in total. The normalized spacial score (nSPS) is 14.3. The lowest BCUT2D eigenvalue weighted by Gasteiger charge is -2.30. The fourth-order valence-corrected chi connectivity index (χ4v) is 5.19. The van der Waals surface area contributed by atoms with E-state index in [4.69, 9.17) is 9.47 Å². The van der Waals surface area contributed by atoms with Gasteiger partial charge in [0, 0.05) is 42.9 Å². The van der Waals surface area contributed by atoms with Crippen molar-refractivity contribution in [3.05, 3.63) is 77.4 Å².